The highest BCUT2D eigenvalue weighted by Crippen LogP contribution is 2.40. The summed E-state index contributed by atoms with van der Waals surface area (Å²) in [6.45, 7) is 7.37. The predicted octanol–water partition coefficient (Wildman–Crippen LogP) is 3.63. The first kappa shape index (κ1) is 19.3. The highest BCUT2D eigenvalue weighted by atomic mass is 35.5. The molecule has 0 bridgehead atoms. The lowest BCUT2D eigenvalue weighted by Gasteiger charge is -2.37. The van der Waals surface area contributed by atoms with Crippen LogP contribution in [0, 0.1) is 0 Å². The van der Waals surface area contributed by atoms with Crippen molar-refractivity contribution in [2.45, 2.75) is 51.5 Å². The van der Waals surface area contributed by atoms with Crippen LogP contribution in [0.25, 0.3) is 0 Å². The Morgan fingerprint density at radius 1 is 1.12 bits per heavy atom. The minimum atomic E-state index is -0.861. The standard InChI is InChI=1S/C18H28ClNO4/c1-18(2,3)24-17(21)20-8-6-12(7-9-20)13-10-14(22-4)16(19)15(11-13)23-5/h10-12,17,21H,6-9H2,1-5H3. The SMILES string of the molecule is COc1cc(C2CCN(C(O)OC(C)(C)C)CC2)cc(OC)c1Cl. The first-order valence-corrected chi connectivity index (χ1v) is 8.64. The molecule has 2 rings (SSSR count). The van der Waals surface area contributed by atoms with Crippen molar-refractivity contribution in [3.05, 3.63) is 22.7 Å². The number of nitrogens with zero attached hydrogens (tertiary/aromatic N) is 1. The number of piperidine rings is 1. The average molecular weight is 358 g/mol. The molecule has 1 saturated heterocycles. The Labute approximate surface area is 149 Å². The minimum absolute atomic E-state index is 0.368. The van der Waals surface area contributed by atoms with E-state index in [2.05, 4.69) is 0 Å². The molecule has 1 atom stereocenters. The summed E-state index contributed by atoms with van der Waals surface area (Å²) in [6.07, 6.45) is 0.997. The molecule has 0 saturated carbocycles. The summed E-state index contributed by atoms with van der Waals surface area (Å²) >= 11 is 6.24. The van der Waals surface area contributed by atoms with Crippen molar-refractivity contribution in [1.82, 2.24) is 4.90 Å². The van der Waals surface area contributed by atoms with Gasteiger partial charge in [0, 0.05) is 13.1 Å². The molecule has 1 aliphatic rings. The van der Waals surface area contributed by atoms with Gasteiger partial charge in [0.25, 0.3) is 0 Å². The van der Waals surface area contributed by atoms with E-state index >= 15 is 0 Å². The molecule has 1 aromatic rings. The summed E-state index contributed by atoms with van der Waals surface area (Å²) < 4.78 is 16.3. The second kappa shape index (κ2) is 7.91. The van der Waals surface area contributed by atoms with Crippen LogP contribution in [0.1, 0.15) is 45.1 Å². The monoisotopic (exact) mass is 357 g/mol. The van der Waals surface area contributed by atoms with Crippen LogP contribution in [0.3, 0.4) is 0 Å². The molecule has 1 unspecified atom stereocenters. The van der Waals surface area contributed by atoms with Gasteiger partial charge in [0.15, 0.2) is 0 Å². The van der Waals surface area contributed by atoms with E-state index in [0.29, 0.717) is 22.4 Å². The number of halogens is 1. The molecule has 1 aromatic carbocycles. The zero-order chi connectivity index (χ0) is 17.9. The number of aliphatic hydroxyl groups is 1. The Morgan fingerprint density at radius 3 is 2.04 bits per heavy atom. The number of methoxy groups -OCH3 is 2. The molecule has 0 aliphatic carbocycles. The van der Waals surface area contributed by atoms with Crippen LogP contribution in [0.2, 0.25) is 5.02 Å². The van der Waals surface area contributed by atoms with Gasteiger partial charge in [0.1, 0.15) is 16.5 Å². The number of aliphatic hydroxyl groups excluding tert-OH is 1. The lowest BCUT2D eigenvalue weighted by atomic mass is 9.89. The zero-order valence-electron chi connectivity index (χ0n) is 15.1. The third-order valence-electron chi connectivity index (χ3n) is 4.24. The smallest absolute Gasteiger partial charge is 0.216 e. The van der Waals surface area contributed by atoms with E-state index in [-0.39, 0.29) is 5.60 Å². The van der Waals surface area contributed by atoms with Crippen LogP contribution in [0.4, 0.5) is 0 Å². The van der Waals surface area contributed by atoms with E-state index in [1.165, 1.54) is 0 Å². The van der Waals surface area contributed by atoms with Crippen LogP contribution < -0.4 is 9.47 Å². The fourth-order valence-electron chi connectivity index (χ4n) is 2.97. The lowest BCUT2D eigenvalue weighted by molar-refractivity contribution is -0.242. The van der Waals surface area contributed by atoms with Crippen molar-refractivity contribution < 1.29 is 19.3 Å². The van der Waals surface area contributed by atoms with Crippen LogP contribution in [-0.4, -0.2) is 49.3 Å². The van der Waals surface area contributed by atoms with Crippen molar-refractivity contribution in [1.29, 1.82) is 0 Å². The van der Waals surface area contributed by atoms with Gasteiger partial charge in [-0.15, -0.1) is 0 Å². The van der Waals surface area contributed by atoms with E-state index < -0.39 is 6.41 Å². The van der Waals surface area contributed by atoms with Gasteiger partial charge in [-0.25, -0.2) is 0 Å². The van der Waals surface area contributed by atoms with Gasteiger partial charge < -0.3 is 19.3 Å². The minimum Gasteiger partial charge on any atom is -0.495 e. The maximum atomic E-state index is 10.2. The number of likely N-dealkylation sites (tertiary alicyclic amines) is 1. The predicted molar refractivity (Wildman–Crippen MR) is 94.9 cm³/mol. The van der Waals surface area contributed by atoms with Crippen molar-refractivity contribution in [3.8, 4) is 11.5 Å². The average Bonchev–Trinajstić information content (AvgIpc) is 2.53. The summed E-state index contributed by atoms with van der Waals surface area (Å²) in [5, 5.41) is 10.7. The Bertz CT molecular complexity index is 525. The third kappa shape index (κ3) is 4.76. The molecule has 0 aromatic heterocycles. The van der Waals surface area contributed by atoms with Crippen molar-refractivity contribution in [2.75, 3.05) is 27.3 Å². The summed E-state index contributed by atoms with van der Waals surface area (Å²) in [7, 11) is 3.21. The quantitative estimate of drug-likeness (QED) is 0.815. The van der Waals surface area contributed by atoms with Gasteiger partial charge in [0.2, 0.25) is 6.41 Å². The second-order valence-electron chi connectivity index (χ2n) is 7.11. The summed E-state index contributed by atoms with van der Waals surface area (Å²) in [5.41, 5.74) is 0.784. The van der Waals surface area contributed by atoms with Gasteiger partial charge >= 0.3 is 0 Å². The van der Waals surface area contributed by atoms with E-state index in [9.17, 15) is 5.11 Å². The fraction of sp³-hybridized carbons (Fsp3) is 0.667. The third-order valence-corrected chi connectivity index (χ3v) is 4.61. The van der Waals surface area contributed by atoms with Crippen molar-refractivity contribution in [2.24, 2.45) is 0 Å². The van der Waals surface area contributed by atoms with E-state index in [4.69, 9.17) is 25.8 Å². The molecule has 0 spiro atoms. The van der Waals surface area contributed by atoms with Crippen LogP contribution in [0.15, 0.2) is 12.1 Å². The summed E-state index contributed by atoms with van der Waals surface area (Å²) in [5.74, 6) is 1.64. The van der Waals surface area contributed by atoms with Gasteiger partial charge in [-0.05, 0) is 57.2 Å². The lowest BCUT2D eigenvalue weighted by Crippen LogP contribution is -2.45. The molecule has 1 N–H and O–H groups in total. The number of rotatable bonds is 5. The Hall–Kier alpha value is -1.01. The maximum Gasteiger partial charge on any atom is 0.216 e. The van der Waals surface area contributed by atoms with E-state index in [0.717, 1.165) is 31.5 Å². The van der Waals surface area contributed by atoms with E-state index in [1.54, 1.807) is 14.2 Å². The maximum absolute atomic E-state index is 10.2. The fourth-order valence-corrected chi connectivity index (χ4v) is 3.23. The number of hydrogen-bond acceptors (Lipinski definition) is 5. The van der Waals surface area contributed by atoms with Gasteiger partial charge in [-0.1, -0.05) is 11.6 Å². The largest absolute Gasteiger partial charge is 0.495 e. The van der Waals surface area contributed by atoms with Crippen LogP contribution in [-0.2, 0) is 4.74 Å². The number of ether oxygens (including phenoxy) is 3. The number of hydrogen-bond donors (Lipinski definition) is 1. The first-order chi connectivity index (χ1) is 11.2. The van der Waals surface area contributed by atoms with E-state index in [1.807, 2.05) is 37.8 Å². The molecular weight excluding hydrogens is 330 g/mol. The molecule has 1 aliphatic heterocycles. The van der Waals surface area contributed by atoms with Gasteiger partial charge in [0.05, 0.1) is 19.8 Å². The molecule has 0 amide bonds. The molecule has 24 heavy (non-hydrogen) atoms. The normalized spacial score (nSPS) is 18.5. The van der Waals surface area contributed by atoms with Gasteiger partial charge in [-0.2, -0.15) is 0 Å². The summed E-state index contributed by atoms with van der Waals surface area (Å²) in [6, 6.07) is 3.96. The number of benzene rings is 1. The Morgan fingerprint density at radius 2 is 1.62 bits per heavy atom. The molecular formula is C18H28ClNO4. The Kier molecular flexibility index (Phi) is 6.37. The molecule has 1 heterocycles. The molecule has 5 nitrogen and oxygen atoms in total. The van der Waals surface area contributed by atoms with Crippen LogP contribution >= 0.6 is 11.6 Å². The highest BCUT2D eigenvalue weighted by molar-refractivity contribution is 6.33. The second-order valence-corrected chi connectivity index (χ2v) is 7.48. The topological polar surface area (TPSA) is 51.2 Å². The Balaban J connectivity index is 2.04. The first-order valence-electron chi connectivity index (χ1n) is 8.26. The summed E-state index contributed by atoms with van der Waals surface area (Å²) in [4.78, 5) is 1.96. The van der Waals surface area contributed by atoms with Crippen molar-refractivity contribution in [3.63, 3.8) is 0 Å². The van der Waals surface area contributed by atoms with Crippen LogP contribution in [0.5, 0.6) is 11.5 Å². The highest BCUT2D eigenvalue weighted by Gasteiger charge is 2.28. The van der Waals surface area contributed by atoms with Crippen molar-refractivity contribution >= 4 is 11.6 Å². The molecule has 1 fully saturated rings. The molecule has 136 valence electrons. The zero-order valence-corrected chi connectivity index (χ0v) is 15.9. The van der Waals surface area contributed by atoms with Gasteiger partial charge in [-0.3, -0.25) is 4.90 Å². The molecule has 6 heteroatoms. The molecule has 0 radical (unpaired) electrons.